The zero-order chi connectivity index (χ0) is 20.8. The first-order chi connectivity index (χ1) is 13.1. The van der Waals surface area contributed by atoms with Crippen molar-refractivity contribution in [2.24, 2.45) is 0 Å². The first kappa shape index (κ1) is 21.2. The minimum Gasteiger partial charge on any atom is -0.488 e. The molecule has 0 atom stereocenters. The van der Waals surface area contributed by atoms with Crippen LogP contribution in [0, 0.1) is 13.8 Å². The van der Waals surface area contributed by atoms with Crippen molar-refractivity contribution >= 4 is 40.8 Å². The third-order valence-corrected chi connectivity index (χ3v) is 3.94. The quantitative estimate of drug-likeness (QED) is 0.607. The average Bonchev–Trinajstić information content (AvgIpc) is 2.51. The number of halogens is 1. The van der Waals surface area contributed by atoms with Gasteiger partial charge in [-0.15, -0.1) is 0 Å². The number of hydrogen-bond donors (Lipinski definition) is 3. The van der Waals surface area contributed by atoms with Crippen LogP contribution >= 0.6 is 11.6 Å². The Hall–Kier alpha value is -3.06. The van der Waals surface area contributed by atoms with E-state index in [1.807, 2.05) is 13.8 Å². The topological polar surface area (TPSA) is 105 Å². The molecule has 2 aromatic carbocycles. The van der Waals surface area contributed by atoms with Crippen molar-refractivity contribution in [1.29, 1.82) is 0 Å². The van der Waals surface area contributed by atoms with Crippen LogP contribution in [0.3, 0.4) is 0 Å². The lowest BCUT2D eigenvalue weighted by Crippen LogP contribution is -2.16. The Kier molecular flexibility index (Phi) is 7.00. The largest absolute Gasteiger partial charge is 0.488 e. The summed E-state index contributed by atoms with van der Waals surface area (Å²) in [7, 11) is 0. The van der Waals surface area contributed by atoms with Gasteiger partial charge in [0, 0.05) is 23.3 Å². The van der Waals surface area contributed by atoms with E-state index in [0.29, 0.717) is 22.1 Å². The molecule has 8 heteroatoms. The van der Waals surface area contributed by atoms with Crippen LogP contribution < -0.4 is 15.4 Å². The van der Waals surface area contributed by atoms with Crippen LogP contribution in [-0.4, -0.2) is 22.9 Å². The zero-order valence-electron chi connectivity index (χ0n) is 15.8. The normalized spacial score (nSPS) is 10.3. The molecule has 0 heterocycles. The van der Waals surface area contributed by atoms with Gasteiger partial charge in [-0.05, 0) is 60.9 Å². The highest BCUT2D eigenvalue weighted by Gasteiger charge is 2.12. The third kappa shape index (κ3) is 6.28. The molecule has 28 heavy (non-hydrogen) atoms. The molecule has 2 rings (SSSR count). The van der Waals surface area contributed by atoms with Crippen molar-refractivity contribution in [2.45, 2.75) is 33.8 Å². The number of benzene rings is 2. The van der Waals surface area contributed by atoms with Gasteiger partial charge < -0.3 is 20.5 Å². The van der Waals surface area contributed by atoms with Gasteiger partial charge in [0.15, 0.2) is 0 Å². The molecule has 0 aliphatic carbocycles. The minimum atomic E-state index is -1.19. The monoisotopic (exact) mass is 404 g/mol. The number of nitrogens with one attached hydrogen (secondary N) is 2. The van der Waals surface area contributed by atoms with Gasteiger partial charge in [-0.1, -0.05) is 11.6 Å². The Balaban J connectivity index is 2.12. The summed E-state index contributed by atoms with van der Waals surface area (Å²) >= 11 is 6.09. The van der Waals surface area contributed by atoms with Crippen LogP contribution in [0.25, 0.3) is 0 Å². The summed E-state index contributed by atoms with van der Waals surface area (Å²) in [6, 6.07) is 8.60. The molecule has 0 fully saturated rings. The molecule has 0 bridgehead atoms. The second-order valence-electron chi connectivity index (χ2n) is 6.38. The predicted molar refractivity (Wildman–Crippen MR) is 107 cm³/mol. The lowest BCUT2D eigenvalue weighted by atomic mass is 10.1. The van der Waals surface area contributed by atoms with Crippen molar-refractivity contribution in [2.75, 3.05) is 10.6 Å². The number of rotatable bonds is 7. The Morgan fingerprint density at radius 2 is 1.61 bits per heavy atom. The van der Waals surface area contributed by atoms with Gasteiger partial charge in [0.05, 0.1) is 0 Å². The maximum absolute atomic E-state index is 11.6. The van der Waals surface area contributed by atoms with Gasteiger partial charge in [-0.2, -0.15) is 0 Å². The molecule has 0 spiro atoms. The number of carboxylic acids is 1. The Morgan fingerprint density at radius 1 is 1.00 bits per heavy atom. The Bertz CT molecular complexity index is 904. The molecule has 2 aromatic rings. The summed E-state index contributed by atoms with van der Waals surface area (Å²) in [6.45, 7) is 5.31. The summed E-state index contributed by atoms with van der Waals surface area (Å²) in [5.41, 5.74) is 3.45. The third-order valence-electron chi connectivity index (χ3n) is 3.72. The van der Waals surface area contributed by atoms with E-state index < -0.39 is 18.3 Å². The van der Waals surface area contributed by atoms with Crippen molar-refractivity contribution in [3.05, 3.63) is 52.0 Å². The van der Waals surface area contributed by atoms with Crippen LogP contribution in [0.5, 0.6) is 5.75 Å². The molecule has 0 aliphatic heterocycles. The maximum atomic E-state index is 11.6. The molecule has 7 nitrogen and oxygen atoms in total. The zero-order valence-corrected chi connectivity index (χ0v) is 16.5. The molecule has 0 saturated carbocycles. The number of anilines is 2. The minimum absolute atomic E-state index is 0.193. The van der Waals surface area contributed by atoms with E-state index in [9.17, 15) is 14.4 Å². The molecule has 0 saturated heterocycles. The van der Waals surface area contributed by atoms with Gasteiger partial charge in [0.2, 0.25) is 11.8 Å². The highest BCUT2D eigenvalue weighted by Crippen LogP contribution is 2.29. The number of carbonyl (C=O) groups excluding carboxylic acids is 2. The first-order valence-electron chi connectivity index (χ1n) is 8.47. The second kappa shape index (κ2) is 9.23. The number of aryl methyl sites for hydroxylation is 2. The fourth-order valence-electron chi connectivity index (χ4n) is 2.76. The Morgan fingerprint density at radius 3 is 2.18 bits per heavy atom. The van der Waals surface area contributed by atoms with E-state index in [2.05, 4.69) is 10.6 Å². The van der Waals surface area contributed by atoms with Crippen molar-refractivity contribution in [3.63, 3.8) is 0 Å². The van der Waals surface area contributed by atoms with E-state index in [4.69, 9.17) is 21.4 Å². The summed E-state index contributed by atoms with van der Waals surface area (Å²) in [6.07, 6.45) is -0.595. The molecule has 0 aliphatic rings. The summed E-state index contributed by atoms with van der Waals surface area (Å²) in [4.78, 5) is 33.4. The van der Waals surface area contributed by atoms with Crippen LogP contribution in [0.2, 0.25) is 5.02 Å². The lowest BCUT2D eigenvalue weighted by molar-refractivity contribution is -0.139. The average molecular weight is 405 g/mol. The van der Waals surface area contributed by atoms with Gasteiger partial charge in [-0.25, -0.2) is 0 Å². The van der Waals surface area contributed by atoms with E-state index in [0.717, 1.165) is 16.7 Å². The molecule has 0 aromatic heterocycles. The number of amides is 2. The fraction of sp³-hybridized carbons (Fsp3) is 0.250. The maximum Gasteiger partial charge on any atom is 0.312 e. The van der Waals surface area contributed by atoms with Crippen LogP contribution in [0.4, 0.5) is 11.4 Å². The van der Waals surface area contributed by atoms with Crippen molar-refractivity contribution < 1.29 is 24.2 Å². The standard InChI is InChI=1S/C20H21ClN2O5/c1-11-4-16(23-18(25)9-19(26)27)5-12(2)20(11)28-10-14-6-15(21)8-17(7-14)22-13(3)24/h4-8H,9-10H2,1-3H3,(H,22,24)(H,23,25)(H,26,27). The highest BCUT2D eigenvalue weighted by molar-refractivity contribution is 6.31. The van der Waals surface area contributed by atoms with Gasteiger partial charge >= 0.3 is 5.97 Å². The molecular formula is C20H21ClN2O5. The molecule has 3 N–H and O–H groups in total. The number of ether oxygens (including phenoxy) is 1. The molecule has 0 unspecified atom stereocenters. The molecule has 2 amide bonds. The SMILES string of the molecule is CC(=O)Nc1cc(Cl)cc(COc2c(C)cc(NC(=O)CC(=O)O)cc2C)c1. The number of aliphatic carboxylic acids is 1. The second-order valence-corrected chi connectivity index (χ2v) is 6.81. The number of carboxylic acid groups (broad SMARTS) is 1. The van der Waals surface area contributed by atoms with Crippen LogP contribution in [0.1, 0.15) is 30.0 Å². The lowest BCUT2D eigenvalue weighted by Gasteiger charge is -2.15. The highest BCUT2D eigenvalue weighted by atomic mass is 35.5. The summed E-state index contributed by atoms with van der Waals surface area (Å²) < 4.78 is 5.91. The van der Waals surface area contributed by atoms with Crippen LogP contribution in [0.15, 0.2) is 30.3 Å². The van der Waals surface area contributed by atoms with E-state index >= 15 is 0 Å². The van der Waals surface area contributed by atoms with Crippen molar-refractivity contribution in [3.8, 4) is 5.75 Å². The van der Waals surface area contributed by atoms with Gasteiger partial charge in [0.1, 0.15) is 18.8 Å². The number of carbonyl (C=O) groups is 3. The van der Waals surface area contributed by atoms with E-state index in [1.54, 1.807) is 30.3 Å². The molecule has 148 valence electrons. The van der Waals surface area contributed by atoms with Gasteiger partial charge in [-0.3, -0.25) is 14.4 Å². The fourth-order valence-corrected chi connectivity index (χ4v) is 3.02. The summed E-state index contributed by atoms with van der Waals surface area (Å²) in [5, 5.41) is 14.4. The number of hydrogen-bond acceptors (Lipinski definition) is 4. The first-order valence-corrected chi connectivity index (χ1v) is 8.84. The van der Waals surface area contributed by atoms with E-state index in [1.165, 1.54) is 6.92 Å². The molecule has 0 radical (unpaired) electrons. The summed E-state index contributed by atoms with van der Waals surface area (Å²) in [5.74, 6) is -1.32. The van der Waals surface area contributed by atoms with Crippen molar-refractivity contribution in [1.82, 2.24) is 0 Å². The van der Waals surface area contributed by atoms with E-state index in [-0.39, 0.29) is 12.5 Å². The van der Waals surface area contributed by atoms with Crippen LogP contribution in [-0.2, 0) is 21.0 Å². The van der Waals surface area contributed by atoms with Gasteiger partial charge in [0.25, 0.3) is 0 Å². The Labute approximate surface area is 167 Å². The molecular weight excluding hydrogens is 384 g/mol. The smallest absolute Gasteiger partial charge is 0.312 e. The predicted octanol–water partition coefficient (Wildman–Crippen LogP) is 3.91.